The van der Waals surface area contributed by atoms with E-state index in [0.717, 1.165) is 31.5 Å². The van der Waals surface area contributed by atoms with E-state index in [0.29, 0.717) is 11.6 Å². The van der Waals surface area contributed by atoms with Crippen LogP contribution in [0.3, 0.4) is 0 Å². The largest absolute Gasteiger partial charge is 0.387 e. The van der Waals surface area contributed by atoms with Gasteiger partial charge in [-0.15, -0.1) is 0 Å². The van der Waals surface area contributed by atoms with E-state index in [4.69, 9.17) is 22.7 Å². The molecule has 2 rings (SSSR count). The molecule has 1 saturated heterocycles. The maximum atomic E-state index is 13.0. The fourth-order valence-electron chi connectivity index (χ4n) is 2.34. The van der Waals surface area contributed by atoms with Gasteiger partial charge in [-0.3, -0.25) is 10.3 Å². The Labute approximate surface area is 111 Å². The first-order valence-electron chi connectivity index (χ1n) is 6.06. The molecule has 1 aromatic rings. The van der Waals surface area contributed by atoms with Gasteiger partial charge >= 0.3 is 0 Å². The van der Waals surface area contributed by atoms with Crippen molar-refractivity contribution in [1.29, 1.82) is 5.41 Å². The van der Waals surface area contributed by atoms with E-state index in [1.807, 2.05) is 0 Å². The summed E-state index contributed by atoms with van der Waals surface area (Å²) in [5, 5.41) is 7.96. The van der Waals surface area contributed by atoms with Gasteiger partial charge in [0.25, 0.3) is 0 Å². The van der Waals surface area contributed by atoms with Crippen LogP contribution in [-0.2, 0) is 6.54 Å². The standard InChI is InChI=1S/C13H17ClFN3/c14-12-6-11(15)4-3-9(12)7-18-5-1-2-10(8-18)13(16)17/h3-4,6,10H,1-2,5,7-8H2,(H3,16,17). The van der Waals surface area contributed by atoms with Crippen molar-refractivity contribution >= 4 is 17.4 Å². The van der Waals surface area contributed by atoms with Crippen LogP contribution in [-0.4, -0.2) is 23.8 Å². The van der Waals surface area contributed by atoms with Crippen LogP contribution in [0.4, 0.5) is 4.39 Å². The van der Waals surface area contributed by atoms with Crippen molar-refractivity contribution in [2.24, 2.45) is 11.7 Å². The van der Waals surface area contributed by atoms with Gasteiger partial charge in [0.05, 0.1) is 5.84 Å². The molecule has 0 saturated carbocycles. The molecule has 0 amide bonds. The maximum Gasteiger partial charge on any atom is 0.124 e. The highest BCUT2D eigenvalue weighted by atomic mass is 35.5. The highest BCUT2D eigenvalue weighted by molar-refractivity contribution is 6.31. The van der Waals surface area contributed by atoms with Crippen LogP contribution >= 0.6 is 11.6 Å². The van der Waals surface area contributed by atoms with E-state index in [2.05, 4.69) is 4.90 Å². The Morgan fingerprint density at radius 1 is 1.56 bits per heavy atom. The molecule has 1 aliphatic rings. The van der Waals surface area contributed by atoms with Gasteiger partial charge in [0.2, 0.25) is 0 Å². The minimum absolute atomic E-state index is 0.137. The molecule has 1 fully saturated rings. The molecule has 3 nitrogen and oxygen atoms in total. The fourth-order valence-corrected chi connectivity index (χ4v) is 2.57. The van der Waals surface area contributed by atoms with Gasteiger partial charge < -0.3 is 5.73 Å². The summed E-state index contributed by atoms with van der Waals surface area (Å²) in [7, 11) is 0. The number of benzene rings is 1. The minimum atomic E-state index is -0.316. The Morgan fingerprint density at radius 3 is 3.00 bits per heavy atom. The fraction of sp³-hybridized carbons (Fsp3) is 0.462. The predicted octanol–water partition coefficient (Wildman–Crippen LogP) is 2.63. The summed E-state index contributed by atoms with van der Waals surface area (Å²) >= 11 is 6.01. The molecule has 5 heteroatoms. The van der Waals surface area contributed by atoms with E-state index in [9.17, 15) is 4.39 Å². The van der Waals surface area contributed by atoms with Gasteiger partial charge in [0, 0.05) is 24.0 Å². The number of piperidine rings is 1. The molecule has 0 radical (unpaired) electrons. The number of rotatable bonds is 3. The van der Waals surface area contributed by atoms with E-state index >= 15 is 0 Å². The van der Waals surface area contributed by atoms with Gasteiger partial charge in [-0.2, -0.15) is 0 Å². The van der Waals surface area contributed by atoms with Crippen molar-refractivity contribution in [3.63, 3.8) is 0 Å². The Morgan fingerprint density at radius 2 is 2.33 bits per heavy atom. The van der Waals surface area contributed by atoms with E-state index in [-0.39, 0.29) is 17.6 Å². The van der Waals surface area contributed by atoms with Crippen LogP contribution in [0.2, 0.25) is 5.02 Å². The summed E-state index contributed by atoms with van der Waals surface area (Å²) in [4.78, 5) is 2.22. The SMILES string of the molecule is N=C(N)C1CCCN(Cc2ccc(F)cc2Cl)C1. The normalized spacial score (nSPS) is 20.9. The molecule has 0 aliphatic carbocycles. The van der Waals surface area contributed by atoms with Gasteiger partial charge in [-0.25, -0.2) is 4.39 Å². The quantitative estimate of drug-likeness (QED) is 0.655. The summed E-state index contributed by atoms with van der Waals surface area (Å²) in [6, 6.07) is 4.48. The topological polar surface area (TPSA) is 53.1 Å². The molecule has 3 N–H and O–H groups in total. The number of nitrogens with two attached hydrogens (primary N) is 1. The second-order valence-electron chi connectivity index (χ2n) is 4.77. The summed E-state index contributed by atoms with van der Waals surface area (Å²) in [6.45, 7) is 2.43. The molecule has 1 aromatic carbocycles. The average molecular weight is 270 g/mol. The number of likely N-dealkylation sites (tertiary alicyclic amines) is 1. The molecule has 0 aromatic heterocycles. The minimum Gasteiger partial charge on any atom is -0.387 e. The van der Waals surface area contributed by atoms with Crippen molar-refractivity contribution in [2.45, 2.75) is 19.4 Å². The third kappa shape index (κ3) is 3.21. The molecular formula is C13H17ClFN3. The molecule has 18 heavy (non-hydrogen) atoms. The Hall–Kier alpha value is -1.13. The van der Waals surface area contributed by atoms with Crippen LogP contribution < -0.4 is 5.73 Å². The van der Waals surface area contributed by atoms with E-state index < -0.39 is 0 Å². The molecular weight excluding hydrogens is 253 g/mol. The van der Waals surface area contributed by atoms with Gasteiger partial charge in [0.1, 0.15) is 5.82 Å². The summed E-state index contributed by atoms with van der Waals surface area (Å²) < 4.78 is 13.0. The third-order valence-electron chi connectivity index (χ3n) is 3.35. The molecule has 0 bridgehead atoms. The zero-order valence-corrected chi connectivity index (χ0v) is 10.9. The number of hydrogen-bond donors (Lipinski definition) is 2. The number of nitrogens with zero attached hydrogens (tertiary/aromatic N) is 1. The molecule has 1 aliphatic heterocycles. The lowest BCUT2D eigenvalue weighted by Gasteiger charge is -2.32. The smallest absolute Gasteiger partial charge is 0.124 e. The summed E-state index contributed by atoms with van der Waals surface area (Å²) in [5.41, 5.74) is 6.47. The third-order valence-corrected chi connectivity index (χ3v) is 3.71. The second-order valence-corrected chi connectivity index (χ2v) is 5.17. The lowest BCUT2D eigenvalue weighted by Crippen LogP contribution is -2.40. The first-order chi connectivity index (χ1) is 8.56. The molecule has 1 unspecified atom stereocenters. The summed E-state index contributed by atoms with van der Waals surface area (Å²) in [6.07, 6.45) is 2.01. The number of amidine groups is 1. The van der Waals surface area contributed by atoms with Crippen LogP contribution in [0.5, 0.6) is 0 Å². The van der Waals surface area contributed by atoms with Crippen LogP contribution in [0.25, 0.3) is 0 Å². The predicted molar refractivity (Wildman–Crippen MR) is 71.3 cm³/mol. The summed E-state index contributed by atoms with van der Waals surface area (Å²) in [5.74, 6) is 0.0758. The molecule has 1 heterocycles. The first kappa shape index (κ1) is 13.3. The zero-order chi connectivity index (χ0) is 13.1. The average Bonchev–Trinajstić information content (AvgIpc) is 2.33. The molecule has 98 valence electrons. The van der Waals surface area contributed by atoms with Crippen LogP contribution in [0.15, 0.2) is 18.2 Å². The van der Waals surface area contributed by atoms with Crippen LogP contribution in [0.1, 0.15) is 18.4 Å². The number of hydrogen-bond acceptors (Lipinski definition) is 2. The van der Waals surface area contributed by atoms with Gasteiger partial charge in [0.15, 0.2) is 0 Å². The highest BCUT2D eigenvalue weighted by Gasteiger charge is 2.22. The monoisotopic (exact) mass is 269 g/mol. The Kier molecular flexibility index (Phi) is 4.19. The van der Waals surface area contributed by atoms with Crippen molar-refractivity contribution < 1.29 is 4.39 Å². The first-order valence-corrected chi connectivity index (χ1v) is 6.44. The van der Waals surface area contributed by atoms with Crippen LogP contribution in [0, 0.1) is 17.1 Å². The highest BCUT2D eigenvalue weighted by Crippen LogP contribution is 2.22. The molecule has 1 atom stereocenters. The van der Waals surface area contributed by atoms with Crippen molar-refractivity contribution in [2.75, 3.05) is 13.1 Å². The van der Waals surface area contributed by atoms with E-state index in [1.54, 1.807) is 6.07 Å². The van der Waals surface area contributed by atoms with Gasteiger partial charge in [-0.05, 0) is 37.1 Å². The lowest BCUT2D eigenvalue weighted by atomic mass is 9.96. The van der Waals surface area contributed by atoms with Crippen molar-refractivity contribution in [3.05, 3.63) is 34.6 Å². The number of nitrogens with one attached hydrogen (secondary N) is 1. The Balaban J connectivity index is 2.02. The van der Waals surface area contributed by atoms with Crippen molar-refractivity contribution in [3.8, 4) is 0 Å². The zero-order valence-electron chi connectivity index (χ0n) is 10.1. The Bertz CT molecular complexity index is 450. The number of halogens is 2. The van der Waals surface area contributed by atoms with Crippen molar-refractivity contribution in [1.82, 2.24) is 4.90 Å². The second kappa shape index (κ2) is 5.67. The van der Waals surface area contributed by atoms with Gasteiger partial charge in [-0.1, -0.05) is 17.7 Å². The molecule has 0 spiro atoms. The van der Waals surface area contributed by atoms with E-state index in [1.165, 1.54) is 12.1 Å². The maximum absolute atomic E-state index is 13.0. The lowest BCUT2D eigenvalue weighted by molar-refractivity contribution is 0.196.